The van der Waals surface area contributed by atoms with Gasteiger partial charge in [-0.05, 0) is 12.1 Å². The van der Waals surface area contributed by atoms with Crippen molar-refractivity contribution in [2.24, 2.45) is 0 Å². The lowest BCUT2D eigenvalue weighted by Gasteiger charge is -2.12. The summed E-state index contributed by atoms with van der Waals surface area (Å²) in [5.41, 5.74) is 0.545. The molecule has 7 nitrogen and oxygen atoms in total. The van der Waals surface area contributed by atoms with Crippen LogP contribution in [0.25, 0.3) is 0 Å². The van der Waals surface area contributed by atoms with E-state index in [1.54, 1.807) is 12.1 Å². The van der Waals surface area contributed by atoms with Gasteiger partial charge in [-0.2, -0.15) is 8.42 Å². The van der Waals surface area contributed by atoms with Crippen LogP contribution in [0, 0.1) is 0 Å². The SMILES string of the molecule is O=C1c2ccccc2C(=O)N1CCOS(=O)(=O)O. The Morgan fingerprint density at radius 3 is 2.06 bits per heavy atom. The molecule has 18 heavy (non-hydrogen) atoms. The second kappa shape index (κ2) is 4.48. The van der Waals surface area contributed by atoms with Crippen LogP contribution in [-0.4, -0.2) is 42.8 Å². The number of rotatable bonds is 4. The van der Waals surface area contributed by atoms with Gasteiger partial charge in [0.05, 0.1) is 24.3 Å². The fourth-order valence-corrected chi connectivity index (χ4v) is 1.96. The molecule has 1 aliphatic heterocycles. The number of carbonyl (C=O) groups is 2. The summed E-state index contributed by atoms with van der Waals surface area (Å²) in [4.78, 5) is 24.5. The molecule has 2 amide bonds. The fraction of sp³-hybridized carbons (Fsp3) is 0.200. The molecule has 0 aliphatic carbocycles. The van der Waals surface area contributed by atoms with Gasteiger partial charge in [-0.25, -0.2) is 4.18 Å². The maximum absolute atomic E-state index is 11.8. The molecule has 0 saturated carbocycles. The molecule has 0 unspecified atom stereocenters. The highest BCUT2D eigenvalue weighted by Gasteiger charge is 2.34. The van der Waals surface area contributed by atoms with Crippen LogP contribution in [-0.2, 0) is 14.6 Å². The minimum atomic E-state index is -4.57. The van der Waals surface area contributed by atoms with E-state index in [-0.39, 0.29) is 17.7 Å². The van der Waals surface area contributed by atoms with E-state index in [1.807, 2.05) is 0 Å². The lowest BCUT2D eigenvalue weighted by atomic mass is 10.1. The van der Waals surface area contributed by atoms with Crippen molar-refractivity contribution in [3.63, 3.8) is 0 Å². The summed E-state index contributed by atoms with van der Waals surface area (Å²) in [5.74, 6) is -1.01. The van der Waals surface area contributed by atoms with Gasteiger partial charge in [-0.1, -0.05) is 12.1 Å². The molecule has 1 heterocycles. The molecule has 2 rings (SSSR count). The molecule has 0 bridgehead atoms. The van der Waals surface area contributed by atoms with E-state index in [4.69, 9.17) is 4.55 Å². The second-order valence-electron chi connectivity index (χ2n) is 3.56. The maximum atomic E-state index is 11.8. The largest absolute Gasteiger partial charge is 0.397 e. The van der Waals surface area contributed by atoms with Crippen molar-refractivity contribution in [3.8, 4) is 0 Å². The minimum absolute atomic E-state index is 0.244. The van der Waals surface area contributed by atoms with Crippen molar-refractivity contribution in [3.05, 3.63) is 35.4 Å². The van der Waals surface area contributed by atoms with Crippen molar-refractivity contribution in [1.29, 1.82) is 0 Å². The Kier molecular flexibility index (Phi) is 3.16. The second-order valence-corrected chi connectivity index (χ2v) is 4.65. The first-order valence-electron chi connectivity index (χ1n) is 4.97. The van der Waals surface area contributed by atoms with Crippen molar-refractivity contribution in [2.75, 3.05) is 13.2 Å². The normalized spacial score (nSPS) is 15.1. The number of hydrogen-bond acceptors (Lipinski definition) is 5. The average Bonchev–Trinajstić information content (AvgIpc) is 2.53. The molecule has 1 aliphatic rings. The lowest BCUT2D eigenvalue weighted by molar-refractivity contribution is 0.0628. The Bertz CT molecular complexity index is 574. The van der Waals surface area contributed by atoms with Crippen LogP contribution < -0.4 is 0 Å². The third kappa shape index (κ3) is 2.40. The highest BCUT2D eigenvalue weighted by Crippen LogP contribution is 2.21. The quantitative estimate of drug-likeness (QED) is 0.615. The number of imide groups is 1. The van der Waals surface area contributed by atoms with Gasteiger partial charge in [0, 0.05) is 0 Å². The molecule has 8 heteroatoms. The standard InChI is InChI=1S/C10H9NO6S/c12-9-7-3-1-2-4-8(7)10(13)11(9)5-6-17-18(14,15)16/h1-4H,5-6H2,(H,14,15,16). The number of amides is 2. The average molecular weight is 271 g/mol. The van der Waals surface area contributed by atoms with Gasteiger partial charge in [0.15, 0.2) is 0 Å². The summed E-state index contributed by atoms with van der Waals surface area (Å²) < 4.78 is 33.1. The van der Waals surface area contributed by atoms with Crippen LogP contribution in [0.3, 0.4) is 0 Å². The van der Waals surface area contributed by atoms with Crippen LogP contribution >= 0.6 is 0 Å². The van der Waals surface area contributed by atoms with E-state index in [0.29, 0.717) is 0 Å². The Morgan fingerprint density at radius 2 is 1.61 bits per heavy atom. The summed E-state index contributed by atoms with van der Waals surface area (Å²) in [6, 6.07) is 6.28. The van der Waals surface area contributed by atoms with Crippen LogP contribution in [0.1, 0.15) is 20.7 Å². The Morgan fingerprint density at radius 1 is 1.11 bits per heavy atom. The van der Waals surface area contributed by atoms with Crippen molar-refractivity contribution >= 4 is 22.2 Å². The number of nitrogens with zero attached hydrogens (tertiary/aromatic N) is 1. The van der Waals surface area contributed by atoms with Gasteiger partial charge in [-0.3, -0.25) is 19.0 Å². The first-order chi connectivity index (χ1) is 8.40. The molecule has 96 valence electrons. The van der Waals surface area contributed by atoms with E-state index in [9.17, 15) is 18.0 Å². The molecule has 0 atom stereocenters. The maximum Gasteiger partial charge on any atom is 0.397 e. The molecular formula is C10H9NO6S. The summed E-state index contributed by atoms with van der Waals surface area (Å²) in [6.45, 7) is -0.726. The monoisotopic (exact) mass is 271 g/mol. The lowest BCUT2D eigenvalue weighted by Crippen LogP contribution is -2.33. The summed E-state index contributed by atoms with van der Waals surface area (Å²) in [6.07, 6.45) is 0. The Balaban J connectivity index is 2.10. The van der Waals surface area contributed by atoms with Crippen molar-refractivity contribution in [2.45, 2.75) is 0 Å². The zero-order valence-electron chi connectivity index (χ0n) is 9.07. The summed E-state index contributed by atoms with van der Waals surface area (Å²) in [7, 11) is -4.57. The van der Waals surface area contributed by atoms with Crippen LogP contribution in [0.2, 0.25) is 0 Å². The highest BCUT2D eigenvalue weighted by molar-refractivity contribution is 7.80. The zero-order valence-corrected chi connectivity index (χ0v) is 9.88. The van der Waals surface area contributed by atoms with Crippen LogP contribution in [0.4, 0.5) is 0 Å². The minimum Gasteiger partial charge on any atom is -0.272 e. The summed E-state index contributed by atoms with van der Waals surface area (Å²) in [5, 5.41) is 0. The van der Waals surface area contributed by atoms with Crippen molar-refractivity contribution in [1.82, 2.24) is 4.90 Å². The topological polar surface area (TPSA) is 101 Å². The predicted octanol–water partition coefficient (Wildman–Crippen LogP) is 0.102. The molecule has 0 spiro atoms. The van der Waals surface area contributed by atoms with Crippen LogP contribution in [0.5, 0.6) is 0 Å². The van der Waals surface area contributed by atoms with Gasteiger partial charge in [0.1, 0.15) is 0 Å². The smallest absolute Gasteiger partial charge is 0.272 e. The molecule has 0 saturated heterocycles. The molecule has 1 N–H and O–H groups in total. The number of fused-ring (bicyclic) bond motifs is 1. The third-order valence-electron chi connectivity index (χ3n) is 2.43. The van der Waals surface area contributed by atoms with E-state index in [0.717, 1.165) is 4.90 Å². The van der Waals surface area contributed by atoms with Gasteiger partial charge >= 0.3 is 10.4 Å². The Labute approximate surface area is 103 Å². The molecule has 0 aromatic heterocycles. The van der Waals surface area contributed by atoms with Gasteiger partial charge in [0.2, 0.25) is 0 Å². The number of carbonyl (C=O) groups excluding carboxylic acids is 2. The van der Waals surface area contributed by atoms with E-state index >= 15 is 0 Å². The van der Waals surface area contributed by atoms with E-state index < -0.39 is 28.8 Å². The van der Waals surface area contributed by atoms with Gasteiger partial charge in [0.25, 0.3) is 11.8 Å². The van der Waals surface area contributed by atoms with Gasteiger partial charge < -0.3 is 0 Å². The molecule has 1 aromatic rings. The molecular weight excluding hydrogens is 262 g/mol. The molecule has 0 fully saturated rings. The predicted molar refractivity (Wildman–Crippen MR) is 59.3 cm³/mol. The van der Waals surface area contributed by atoms with Crippen LogP contribution in [0.15, 0.2) is 24.3 Å². The number of benzene rings is 1. The highest BCUT2D eigenvalue weighted by atomic mass is 32.3. The summed E-state index contributed by atoms with van der Waals surface area (Å²) >= 11 is 0. The molecule has 1 aromatic carbocycles. The molecule has 0 radical (unpaired) electrons. The van der Waals surface area contributed by atoms with Crippen molar-refractivity contribution < 1.29 is 26.7 Å². The van der Waals surface area contributed by atoms with Gasteiger partial charge in [-0.15, -0.1) is 0 Å². The zero-order chi connectivity index (χ0) is 13.3. The van der Waals surface area contributed by atoms with E-state index in [2.05, 4.69) is 4.18 Å². The van der Waals surface area contributed by atoms with E-state index in [1.165, 1.54) is 12.1 Å². The fourth-order valence-electron chi connectivity index (χ4n) is 1.68. The third-order valence-corrected chi connectivity index (χ3v) is 2.89. The Hall–Kier alpha value is -1.77. The first kappa shape index (κ1) is 12.7. The number of hydrogen-bond donors (Lipinski definition) is 1. The first-order valence-corrected chi connectivity index (χ1v) is 6.34.